The molecule has 0 aliphatic rings. The van der Waals surface area contributed by atoms with Gasteiger partial charge in [0, 0.05) is 17.8 Å². The molecule has 0 fully saturated rings. The number of benzene rings is 2. The largest absolute Gasteiger partial charge is 0.320 e. The Kier molecular flexibility index (Phi) is 6.94. The monoisotopic (exact) mass is 336 g/mol. The maximum Gasteiger partial charge on any atom is 0.243 e. The van der Waals surface area contributed by atoms with Gasteiger partial charge in [0.25, 0.3) is 0 Å². The minimum absolute atomic E-state index is 0. The quantitative estimate of drug-likeness (QED) is 0.931. The van der Waals surface area contributed by atoms with Gasteiger partial charge in [-0.2, -0.15) is 13.5 Å². The highest BCUT2D eigenvalue weighted by Crippen LogP contribution is 2.22. The van der Waals surface area contributed by atoms with Gasteiger partial charge in [0.15, 0.2) is 0 Å². The van der Waals surface area contributed by atoms with E-state index in [1.54, 1.807) is 18.0 Å². The van der Waals surface area contributed by atoms with Gasteiger partial charge >= 0.3 is 0 Å². The van der Waals surface area contributed by atoms with E-state index in [9.17, 15) is 4.79 Å². The number of aryl methyl sites for hydroxylation is 1. The van der Waals surface area contributed by atoms with E-state index in [4.69, 9.17) is 17.3 Å². The molecular weight excluding hydrogens is 316 g/mol. The van der Waals surface area contributed by atoms with Crippen molar-refractivity contribution in [2.45, 2.75) is 19.4 Å². The first-order chi connectivity index (χ1) is 9.99. The fourth-order valence-corrected chi connectivity index (χ4v) is 2.29. The summed E-state index contributed by atoms with van der Waals surface area (Å²) < 4.78 is 0. The van der Waals surface area contributed by atoms with Gasteiger partial charge in [0.2, 0.25) is 5.91 Å². The number of hydrogen-bond acceptors (Lipinski definition) is 2. The van der Waals surface area contributed by atoms with E-state index < -0.39 is 6.04 Å². The van der Waals surface area contributed by atoms with Crippen LogP contribution in [0.25, 0.3) is 0 Å². The van der Waals surface area contributed by atoms with E-state index in [2.05, 4.69) is 0 Å². The smallest absolute Gasteiger partial charge is 0.243 e. The third-order valence-corrected chi connectivity index (χ3v) is 3.90. The number of carbonyl (C=O) groups excluding carboxylic acids is 1. The Morgan fingerprint density at radius 2 is 1.86 bits per heavy atom. The molecule has 2 rings (SSSR count). The van der Waals surface area contributed by atoms with Gasteiger partial charge in [-0.3, -0.25) is 4.79 Å². The van der Waals surface area contributed by atoms with E-state index in [1.807, 2.05) is 49.4 Å². The highest BCUT2D eigenvalue weighted by molar-refractivity contribution is 7.59. The number of carbonyl (C=O) groups is 1. The summed E-state index contributed by atoms with van der Waals surface area (Å²) in [6.07, 6.45) is 0.524. The van der Waals surface area contributed by atoms with E-state index in [-0.39, 0.29) is 19.4 Å². The number of nitrogens with two attached hydrogens (primary N) is 1. The molecule has 0 heterocycles. The van der Waals surface area contributed by atoms with Crippen LogP contribution in [0.2, 0.25) is 5.02 Å². The standard InChI is InChI=1S/C17H19ClN2O.H2S/c1-12-10-14(8-9-15(12)18)20(2)17(21)16(19)11-13-6-4-3-5-7-13;/h3-10,16H,11,19H2,1-2H3;1H2/t16-;/m0./s1. The second-order valence-electron chi connectivity index (χ2n) is 5.13. The Balaban J connectivity index is 0.00000242. The zero-order chi connectivity index (χ0) is 15.4. The molecule has 0 aliphatic carbocycles. The van der Waals surface area contributed by atoms with Crippen LogP contribution in [0.15, 0.2) is 48.5 Å². The van der Waals surface area contributed by atoms with Gasteiger partial charge in [-0.15, -0.1) is 0 Å². The van der Waals surface area contributed by atoms with Crippen LogP contribution in [0.3, 0.4) is 0 Å². The second-order valence-corrected chi connectivity index (χ2v) is 5.53. The Hall–Kier alpha value is -1.49. The zero-order valence-corrected chi connectivity index (χ0v) is 14.5. The number of nitrogens with zero attached hydrogens (tertiary/aromatic N) is 1. The maximum atomic E-state index is 12.4. The molecule has 1 amide bonds. The number of anilines is 1. The molecule has 0 aliphatic heterocycles. The Morgan fingerprint density at radius 3 is 2.45 bits per heavy atom. The summed E-state index contributed by atoms with van der Waals surface area (Å²) in [5.74, 6) is -0.111. The molecule has 2 aromatic carbocycles. The van der Waals surface area contributed by atoms with Crippen LogP contribution in [-0.2, 0) is 11.2 Å². The van der Waals surface area contributed by atoms with E-state index in [1.165, 1.54) is 0 Å². The predicted octanol–water partition coefficient (Wildman–Crippen LogP) is 3.29. The average molecular weight is 337 g/mol. The molecule has 5 heteroatoms. The molecule has 22 heavy (non-hydrogen) atoms. The van der Waals surface area contributed by atoms with Crippen molar-refractivity contribution >= 4 is 36.7 Å². The molecule has 0 saturated heterocycles. The summed E-state index contributed by atoms with van der Waals surface area (Å²) in [5, 5.41) is 0.688. The molecule has 0 spiro atoms. The minimum atomic E-state index is -0.562. The van der Waals surface area contributed by atoms with Crippen molar-refractivity contribution in [3.63, 3.8) is 0 Å². The molecular formula is C17H21ClN2OS. The number of hydrogen-bond donors (Lipinski definition) is 1. The van der Waals surface area contributed by atoms with E-state index >= 15 is 0 Å². The highest BCUT2D eigenvalue weighted by Gasteiger charge is 2.19. The molecule has 118 valence electrons. The molecule has 2 N–H and O–H groups in total. The molecule has 2 aromatic rings. The van der Waals surface area contributed by atoms with Gasteiger partial charge < -0.3 is 10.6 Å². The predicted molar refractivity (Wildman–Crippen MR) is 98.1 cm³/mol. The molecule has 0 unspecified atom stereocenters. The van der Waals surface area contributed by atoms with Gasteiger partial charge in [-0.1, -0.05) is 41.9 Å². The van der Waals surface area contributed by atoms with Crippen LogP contribution in [0.5, 0.6) is 0 Å². The van der Waals surface area contributed by atoms with Gasteiger partial charge in [-0.25, -0.2) is 0 Å². The van der Waals surface area contributed by atoms with Crippen LogP contribution < -0.4 is 10.6 Å². The summed E-state index contributed by atoms with van der Waals surface area (Å²) >= 11 is 6.01. The fraction of sp³-hybridized carbons (Fsp3) is 0.235. The maximum absolute atomic E-state index is 12.4. The molecule has 0 radical (unpaired) electrons. The average Bonchev–Trinajstić information content (AvgIpc) is 2.49. The SMILES string of the molecule is Cc1cc(N(C)C(=O)[C@@H](N)Cc2ccccc2)ccc1Cl.S. The molecule has 0 bridgehead atoms. The van der Waals surface area contributed by atoms with Gasteiger partial charge in [-0.05, 0) is 42.7 Å². The van der Waals surface area contributed by atoms with Gasteiger partial charge in [0.05, 0.1) is 6.04 Å². The third kappa shape index (κ3) is 4.50. The summed E-state index contributed by atoms with van der Waals surface area (Å²) in [6, 6.07) is 14.7. The van der Waals surface area contributed by atoms with Crippen molar-refractivity contribution in [1.82, 2.24) is 0 Å². The third-order valence-electron chi connectivity index (χ3n) is 3.48. The summed E-state index contributed by atoms with van der Waals surface area (Å²) in [5.41, 5.74) is 8.83. The Morgan fingerprint density at radius 1 is 1.23 bits per heavy atom. The number of halogens is 1. The van der Waals surface area contributed by atoms with Crippen LogP contribution in [0.4, 0.5) is 5.69 Å². The number of rotatable bonds is 4. The first-order valence-corrected chi connectivity index (χ1v) is 7.20. The van der Waals surface area contributed by atoms with Crippen molar-refractivity contribution in [2.24, 2.45) is 5.73 Å². The van der Waals surface area contributed by atoms with Crippen molar-refractivity contribution in [1.29, 1.82) is 0 Å². The van der Waals surface area contributed by atoms with Crippen molar-refractivity contribution in [3.05, 3.63) is 64.7 Å². The Bertz CT molecular complexity index is 634. The molecule has 1 atom stereocenters. The van der Waals surface area contributed by atoms with Crippen LogP contribution in [0, 0.1) is 6.92 Å². The summed E-state index contributed by atoms with van der Waals surface area (Å²) in [7, 11) is 1.73. The number of amides is 1. The second kappa shape index (κ2) is 8.22. The lowest BCUT2D eigenvalue weighted by atomic mass is 10.1. The van der Waals surface area contributed by atoms with E-state index in [0.717, 1.165) is 16.8 Å². The van der Waals surface area contributed by atoms with Crippen molar-refractivity contribution < 1.29 is 4.79 Å². The number of likely N-dealkylation sites (N-methyl/N-ethyl adjacent to an activating group) is 1. The first kappa shape index (κ1) is 18.6. The molecule has 3 nitrogen and oxygen atoms in total. The minimum Gasteiger partial charge on any atom is -0.320 e. The summed E-state index contributed by atoms with van der Waals surface area (Å²) in [6.45, 7) is 1.91. The topological polar surface area (TPSA) is 46.3 Å². The van der Waals surface area contributed by atoms with E-state index in [0.29, 0.717) is 11.4 Å². The Labute approximate surface area is 143 Å². The lowest BCUT2D eigenvalue weighted by Gasteiger charge is -2.22. The van der Waals surface area contributed by atoms with Gasteiger partial charge in [0.1, 0.15) is 0 Å². The summed E-state index contributed by atoms with van der Waals surface area (Å²) in [4.78, 5) is 14.0. The fourth-order valence-electron chi connectivity index (χ4n) is 2.17. The van der Waals surface area contributed by atoms with Crippen LogP contribution in [-0.4, -0.2) is 19.0 Å². The van der Waals surface area contributed by atoms with Crippen LogP contribution >= 0.6 is 25.1 Å². The first-order valence-electron chi connectivity index (χ1n) is 6.82. The molecule has 0 aromatic heterocycles. The highest BCUT2D eigenvalue weighted by atomic mass is 35.5. The normalized spacial score (nSPS) is 11.5. The van der Waals surface area contributed by atoms with Crippen molar-refractivity contribution in [2.75, 3.05) is 11.9 Å². The van der Waals surface area contributed by atoms with Crippen LogP contribution in [0.1, 0.15) is 11.1 Å². The zero-order valence-electron chi connectivity index (χ0n) is 12.7. The lowest BCUT2D eigenvalue weighted by molar-refractivity contribution is -0.119. The lowest BCUT2D eigenvalue weighted by Crippen LogP contribution is -2.43. The van der Waals surface area contributed by atoms with Crippen molar-refractivity contribution in [3.8, 4) is 0 Å². The molecule has 0 saturated carbocycles.